The molecule has 0 spiro atoms. The molecule has 0 aromatic carbocycles. The Labute approximate surface area is 54.2 Å². The Morgan fingerprint density at radius 1 is 1.25 bits per heavy atom. The molecule has 0 heterocycles. The Bertz CT molecular complexity index is 70.9. The van der Waals surface area contributed by atoms with Crippen LogP contribution in [0.15, 0.2) is 0 Å². The van der Waals surface area contributed by atoms with E-state index in [-0.39, 0.29) is 0 Å². The predicted octanol–water partition coefficient (Wildman–Crippen LogP) is 3.33. The van der Waals surface area contributed by atoms with Gasteiger partial charge < -0.3 is 0 Å². The molecule has 0 aromatic heterocycles. The molecule has 8 heavy (non-hydrogen) atoms. The van der Waals surface area contributed by atoms with Gasteiger partial charge in [-0.1, -0.05) is 0 Å². The molecule has 0 nitrogen and oxygen atoms in total. The maximum atomic E-state index is 3.87. The van der Waals surface area contributed by atoms with Crippen LogP contribution in [-0.2, 0) is 0 Å². The molecule has 0 aliphatic carbocycles. The van der Waals surface area contributed by atoms with Crippen molar-refractivity contribution in [3.8, 4) is 5.63 Å². The zero-order valence-electron chi connectivity index (χ0n) is 5.48. The van der Waals surface area contributed by atoms with Crippen LogP contribution in [-0.4, -0.2) is 0 Å². The van der Waals surface area contributed by atoms with Crippen LogP contribution in [0.3, 0.4) is 0 Å². The quantitative estimate of drug-likeness (QED) is 0.402. The van der Waals surface area contributed by atoms with Gasteiger partial charge in [0.05, 0.1) is 0 Å². The van der Waals surface area contributed by atoms with E-state index in [0.29, 0.717) is 0 Å². The van der Waals surface area contributed by atoms with Crippen molar-refractivity contribution in [1.82, 2.24) is 0 Å². The molecule has 0 radical (unpaired) electrons. The first-order chi connectivity index (χ1) is 3.91. The first kappa shape index (κ1) is 8.21. The van der Waals surface area contributed by atoms with Crippen LogP contribution >= 0.6 is 8.70 Å². The van der Waals surface area contributed by atoms with Crippen LogP contribution in [0.1, 0.15) is 39.0 Å². The van der Waals surface area contributed by atoms with Gasteiger partial charge in [-0.25, -0.2) is 0 Å². The summed E-state index contributed by atoms with van der Waals surface area (Å²) in [6.45, 7) is 2.22. The van der Waals surface area contributed by atoms with Crippen LogP contribution in [0.4, 0.5) is 0 Å². The summed E-state index contributed by atoms with van der Waals surface area (Å²) in [5, 5.41) is 0. The first-order valence-electron chi connectivity index (χ1n) is 3.28. The molecule has 0 unspecified atom stereocenters. The van der Waals surface area contributed by atoms with Crippen LogP contribution in [0, 0.1) is 5.63 Å². The van der Waals surface area contributed by atoms with Gasteiger partial charge in [0.2, 0.25) is 0 Å². The van der Waals surface area contributed by atoms with Gasteiger partial charge in [-0.3, -0.25) is 0 Å². The van der Waals surface area contributed by atoms with Crippen molar-refractivity contribution in [1.29, 1.82) is 0 Å². The summed E-state index contributed by atoms with van der Waals surface area (Å²) in [7, 11) is 3.87. The van der Waals surface area contributed by atoms with Crippen molar-refractivity contribution in [2.45, 2.75) is 39.0 Å². The molecule has 0 atom stereocenters. The fourth-order valence-electron chi connectivity index (χ4n) is 0.631. The summed E-state index contributed by atoms with van der Waals surface area (Å²) in [6.07, 6.45) is 6.31. The van der Waals surface area contributed by atoms with Crippen LogP contribution in [0.2, 0.25) is 0 Å². The topological polar surface area (TPSA) is 0 Å². The first-order valence-corrected chi connectivity index (χ1v) is 3.73. The van der Waals surface area contributed by atoms with Crippen molar-refractivity contribution in [2.75, 3.05) is 0 Å². The molecule has 0 aliphatic rings. The van der Waals surface area contributed by atoms with Crippen molar-refractivity contribution in [3.05, 3.63) is 0 Å². The summed E-state index contributed by atoms with van der Waals surface area (Å²) in [5.74, 6) is 0. The minimum absolute atomic E-state index is 1.04. The summed E-state index contributed by atoms with van der Waals surface area (Å²) in [4.78, 5) is 0. The summed E-state index contributed by atoms with van der Waals surface area (Å²) in [6, 6.07) is 0. The Morgan fingerprint density at radius 2 is 2.00 bits per heavy atom. The van der Waals surface area contributed by atoms with Crippen molar-refractivity contribution >= 4 is 8.70 Å². The van der Waals surface area contributed by atoms with Gasteiger partial charge in [0.1, 0.15) is 0 Å². The molecule has 0 aliphatic heterocycles. The molecule has 1 heteroatoms. The molecular weight excluding hydrogens is 115 g/mol. The second-order valence-electron chi connectivity index (χ2n) is 1.97. The van der Waals surface area contributed by atoms with Gasteiger partial charge in [0.15, 0.2) is 0 Å². The Balaban J connectivity index is 2.65. The van der Waals surface area contributed by atoms with E-state index in [1.165, 1.54) is 25.7 Å². The third-order valence-corrected chi connectivity index (χ3v) is 1.37. The summed E-state index contributed by atoms with van der Waals surface area (Å²) in [5.41, 5.74) is 2.82. The standard InChI is InChI=1S/C7H13P/c1-2-3-4-5-6-7-8/h2-6H2,1H3. The average molecular weight is 128 g/mol. The van der Waals surface area contributed by atoms with Crippen molar-refractivity contribution in [3.63, 3.8) is 0 Å². The van der Waals surface area contributed by atoms with E-state index < -0.39 is 0 Å². The van der Waals surface area contributed by atoms with Crippen molar-refractivity contribution < 1.29 is 0 Å². The summed E-state index contributed by atoms with van der Waals surface area (Å²) < 4.78 is 0. The van der Waals surface area contributed by atoms with Crippen LogP contribution in [0.5, 0.6) is 0 Å². The van der Waals surface area contributed by atoms with E-state index in [0.717, 1.165) is 6.42 Å². The van der Waals surface area contributed by atoms with E-state index in [1.54, 1.807) is 0 Å². The predicted molar refractivity (Wildman–Crippen MR) is 39.6 cm³/mol. The Morgan fingerprint density at radius 3 is 2.50 bits per heavy atom. The van der Waals surface area contributed by atoms with E-state index in [2.05, 4.69) is 21.2 Å². The van der Waals surface area contributed by atoms with Crippen molar-refractivity contribution in [2.24, 2.45) is 0 Å². The molecule has 0 saturated heterocycles. The second-order valence-corrected chi connectivity index (χ2v) is 2.29. The number of hydrogen-bond donors (Lipinski definition) is 0. The van der Waals surface area contributed by atoms with Gasteiger partial charge in [0, 0.05) is 0 Å². The van der Waals surface area contributed by atoms with Crippen LogP contribution in [0.25, 0.3) is 0 Å². The van der Waals surface area contributed by atoms with Gasteiger partial charge in [-0.15, -0.1) is 0 Å². The molecule has 46 valence electrons. The van der Waals surface area contributed by atoms with E-state index in [9.17, 15) is 0 Å². The van der Waals surface area contributed by atoms with Crippen LogP contribution < -0.4 is 0 Å². The Kier molecular flexibility index (Phi) is 7.40. The third kappa shape index (κ3) is 6.21. The molecule has 0 bridgehead atoms. The van der Waals surface area contributed by atoms with E-state index >= 15 is 0 Å². The molecule has 0 amide bonds. The SMILES string of the molecule is CCCCCCC#P. The number of unbranched alkanes of at least 4 members (excludes halogenated alkanes) is 4. The zero-order chi connectivity index (χ0) is 6.24. The normalized spacial score (nSPS) is 8.50. The number of rotatable bonds is 4. The zero-order valence-corrected chi connectivity index (χ0v) is 6.38. The molecule has 0 saturated carbocycles. The Hall–Kier alpha value is 0.210. The minimum atomic E-state index is 1.04. The van der Waals surface area contributed by atoms with Gasteiger partial charge in [-0.05, 0) is 0 Å². The maximum absolute atomic E-state index is 3.87. The second kappa shape index (κ2) is 7.21. The average Bonchev–Trinajstić information content (AvgIpc) is 1.81. The fraction of sp³-hybridized carbons (Fsp3) is 0.857. The molecule has 0 rings (SSSR count). The fourth-order valence-corrected chi connectivity index (χ4v) is 0.789. The third-order valence-electron chi connectivity index (χ3n) is 1.14. The molecule has 0 fully saturated rings. The van der Waals surface area contributed by atoms with Gasteiger partial charge >= 0.3 is 53.3 Å². The molecular formula is C7H13P. The van der Waals surface area contributed by atoms with Gasteiger partial charge in [-0.2, -0.15) is 0 Å². The van der Waals surface area contributed by atoms with E-state index in [1.807, 2.05) is 0 Å². The number of hydrogen-bond acceptors (Lipinski definition) is 0. The molecule has 0 aromatic rings. The summed E-state index contributed by atoms with van der Waals surface area (Å²) >= 11 is 0. The molecule has 0 N–H and O–H groups in total. The monoisotopic (exact) mass is 128 g/mol. The van der Waals surface area contributed by atoms with Gasteiger partial charge in [0.25, 0.3) is 0 Å². The van der Waals surface area contributed by atoms with E-state index in [4.69, 9.17) is 0 Å².